The van der Waals surface area contributed by atoms with Crippen molar-refractivity contribution in [3.63, 3.8) is 0 Å². The minimum atomic E-state index is -4.51. The van der Waals surface area contributed by atoms with Gasteiger partial charge in [0.1, 0.15) is 0 Å². The normalized spacial score (nSPS) is 11.3. The largest absolute Gasteiger partial charge is 0.416 e. The molecule has 0 aliphatic carbocycles. The van der Waals surface area contributed by atoms with Gasteiger partial charge in [-0.25, -0.2) is 4.79 Å². The van der Waals surface area contributed by atoms with Crippen LogP contribution in [0.4, 0.5) is 29.3 Å². The Hall–Kier alpha value is -4.26. The molecule has 0 saturated carbocycles. The van der Waals surface area contributed by atoms with Crippen molar-refractivity contribution >= 4 is 17.4 Å². The molecule has 0 aromatic heterocycles. The highest BCUT2D eigenvalue weighted by atomic mass is 19.4. The number of hydrogen-bond acceptors (Lipinski definition) is 2. The van der Waals surface area contributed by atoms with E-state index in [2.05, 4.69) is 5.32 Å². The summed E-state index contributed by atoms with van der Waals surface area (Å²) >= 11 is 0. The summed E-state index contributed by atoms with van der Waals surface area (Å²) in [5, 5.41) is 2.70. The standard InChI is InChI=1S/C30H28F3N3O/c1-35(2)27-18-16-22(17-19-27)21-36(29(37)34-26-15-9-14-25(20-26)30(31,32)33)28(23-10-5-3-6-11-23)24-12-7-4-8-13-24/h3-20,28H,21H2,1-2H3,(H,34,37). The third-order valence-corrected chi connectivity index (χ3v) is 6.05. The van der Waals surface area contributed by atoms with E-state index in [4.69, 9.17) is 0 Å². The Morgan fingerprint density at radius 1 is 0.784 bits per heavy atom. The third kappa shape index (κ3) is 6.50. The van der Waals surface area contributed by atoms with Gasteiger partial charge < -0.3 is 15.1 Å². The van der Waals surface area contributed by atoms with Gasteiger partial charge in [0.2, 0.25) is 0 Å². The third-order valence-electron chi connectivity index (χ3n) is 6.05. The number of urea groups is 1. The van der Waals surface area contributed by atoms with Crippen LogP contribution in [0.15, 0.2) is 109 Å². The Morgan fingerprint density at radius 3 is 1.86 bits per heavy atom. The number of benzene rings is 4. The first-order valence-electron chi connectivity index (χ1n) is 11.8. The zero-order chi connectivity index (χ0) is 26.4. The van der Waals surface area contributed by atoms with Crippen molar-refractivity contribution in [3.05, 3.63) is 131 Å². The van der Waals surface area contributed by atoms with Gasteiger partial charge in [-0.1, -0.05) is 78.9 Å². The smallest absolute Gasteiger partial charge is 0.378 e. The predicted octanol–water partition coefficient (Wildman–Crippen LogP) is 7.60. The maximum absolute atomic E-state index is 13.8. The molecule has 0 saturated heterocycles. The number of carbonyl (C=O) groups excluding carboxylic acids is 1. The van der Waals surface area contributed by atoms with Gasteiger partial charge in [0.25, 0.3) is 0 Å². The van der Waals surface area contributed by atoms with Gasteiger partial charge in [-0.15, -0.1) is 0 Å². The number of amides is 2. The van der Waals surface area contributed by atoms with E-state index in [0.717, 1.165) is 34.5 Å². The molecule has 4 aromatic carbocycles. The fourth-order valence-corrected chi connectivity index (χ4v) is 4.17. The average Bonchev–Trinajstić information content (AvgIpc) is 2.89. The van der Waals surface area contributed by atoms with Crippen molar-refractivity contribution in [2.24, 2.45) is 0 Å². The summed E-state index contributed by atoms with van der Waals surface area (Å²) in [5.41, 5.74) is 2.94. The van der Waals surface area contributed by atoms with Gasteiger partial charge in [-0.2, -0.15) is 13.2 Å². The van der Waals surface area contributed by atoms with E-state index in [1.807, 2.05) is 104 Å². The van der Waals surface area contributed by atoms with E-state index in [9.17, 15) is 18.0 Å². The van der Waals surface area contributed by atoms with Crippen LogP contribution >= 0.6 is 0 Å². The summed E-state index contributed by atoms with van der Waals surface area (Å²) in [4.78, 5) is 17.4. The first-order chi connectivity index (χ1) is 17.7. The van der Waals surface area contributed by atoms with E-state index >= 15 is 0 Å². The van der Waals surface area contributed by atoms with Crippen molar-refractivity contribution in [2.45, 2.75) is 18.8 Å². The predicted molar refractivity (Wildman–Crippen MR) is 142 cm³/mol. The number of hydrogen-bond donors (Lipinski definition) is 1. The molecule has 0 heterocycles. The minimum absolute atomic E-state index is 0.0765. The number of alkyl halides is 3. The fraction of sp³-hybridized carbons (Fsp3) is 0.167. The Balaban J connectivity index is 1.74. The fourth-order valence-electron chi connectivity index (χ4n) is 4.17. The summed E-state index contributed by atoms with van der Waals surface area (Å²) in [6, 6.07) is 30.7. The molecule has 37 heavy (non-hydrogen) atoms. The molecule has 4 nitrogen and oxygen atoms in total. The van der Waals surface area contributed by atoms with Crippen LogP contribution in [-0.2, 0) is 12.7 Å². The molecule has 0 bridgehead atoms. The summed E-state index contributed by atoms with van der Waals surface area (Å²) < 4.78 is 39.9. The highest BCUT2D eigenvalue weighted by molar-refractivity contribution is 5.90. The van der Waals surface area contributed by atoms with Gasteiger partial charge >= 0.3 is 12.2 Å². The van der Waals surface area contributed by atoms with Gasteiger partial charge in [0.05, 0.1) is 11.6 Å². The summed E-state index contributed by atoms with van der Waals surface area (Å²) in [5.74, 6) is 0. The van der Waals surface area contributed by atoms with E-state index in [-0.39, 0.29) is 12.2 Å². The van der Waals surface area contributed by atoms with Crippen LogP contribution in [-0.4, -0.2) is 25.0 Å². The lowest BCUT2D eigenvalue weighted by Crippen LogP contribution is -2.38. The molecule has 4 aromatic rings. The second-order valence-corrected chi connectivity index (χ2v) is 8.92. The molecule has 190 valence electrons. The monoisotopic (exact) mass is 503 g/mol. The number of rotatable bonds is 7. The van der Waals surface area contributed by atoms with Crippen molar-refractivity contribution in [3.8, 4) is 0 Å². The van der Waals surface area contributed by atoms with Crippen molar-refractivity contribution < 1.29 is 18.0 Å². The summed E-state index contributed by atoms with van der Waals surface area (Å²) in [6.07, 6.45) is -4.51. The minimum Gasteiger partial charge on any atom is -0.378 e. The Bertz CT molecular complexity index is 1270. The van der Waals surface area contributed by atoms with E-state index in [1.54, 1.807) is 4.90 Å². The molecule has 0 radical (unpaired) electrons. The molecule has 0 atom stereocenters. The number of nitrogens with zero attached hydrogens (tertiary/aromatic N) is 2. The van der Waals surface area contributed by atoms with Crippen molar-refractivity contribution in [1.29, 1.82) is 0 Å². The number of anilines is 2. The van der Waals surface area contributed by atoms with E-state index in [0.29, 0.717) is 0 Å². The average molecular weight is 504 g/mol. The Kier molecular flexibility index (Phi) is 7.82. The van der Waals surface area contributed by atoms with Gasteiger partial charge in [0.15, 0.2) is 0 Å². The molecule has 0 fully saturated rings. The Labute approximate surface area is 215 Å². The lowest BCUT2D eigenvalue weighted by atomic mass is 9.96. The maximum atomic E-state index is 13.8. The zero-order valence-electron chi connectivity index (χ0n) is 20.6. The van der Waals surface area contributed by atoms with Crippen molar-refractivity contribution in [2.75, 3.05) is 24.3 Å². The first-order valence-corrected chi connectivity index (χ1v) is 11.8. The molecule has 4 rings (SSSR count). The van der Waals surface area contributed by atoms with Crippen LogP contribution in [0, 0.1) is 0 Å². The highest BCUT2D eigenvalue weighted by Crippen LogP contribution is 2.33. The highest BCUT2D eigenvalue weighted by Gasteiger charge is 2.31. The molecule has 2 amide bonds. The van der Waals surface area contributed by atoms with Crippen molar-refractivity contribution in [1.82, 2.24) is 4.90 Å². The van der Waals surface area contributed by atoms with Gasteiger partial charge in [0, 0.05) is 32.0 Å². The second-order valence-electron chi connectivity index (χ2n) is 8.92. The Morgan fingerprint density at radius 2 is 1.35 bits per heavy atom. The van der Waals surface area contributed by atoms with E-state index in [1.165, 1.54) is 12.1 Å². The van der Waals surface area contributed by atoms with Crippen LogP contribution < -0.4 is 10.2 Å². The number of carbonyl (C=O) groups is 1. The van der Waals surface area contributed by atoms with E-state index < -0.39 is 23.8 Å². The quantitative estimate of drug-likeness (QED) is 0.282. The SMILES string of the molecule is CN(C)c1ccc(CN(C(=O)Nc2cccc(C(F)(F)F)c2)C(c2ccccc2)c2ccccc2)cc1. The maximum Gasteiger partial charge on any atom is 0.416 e. The summed E-state index contributed by atoms with van der Waals surface area (Å²) in [6.45, 7) is 0.243. The van der Waals surface area contributed by atoms with Crippen LogP contribution in [0.1, 0.15) is 28.3 Å². The topological polar surface area (TPSA) is 35.6 Å². The molecular weight excluding hydrogens is 475 g/mol. The first kappa shape index (κ1) is 25.8. The number of halogens is 3. The lowest BCUT2D eigenvalue weighted by molar-refractivity contribution is -0.137. The summed E-state index contributed by atoms with van der Waals surface area (Å²) in [7, 11) is 3.90. The second kappa shape index (κ2) is 11.2. The molecule has 0 spiro atoms. The molecule has 7 heteroatoms. The molecule has 0 aliphatic heterocycles. The molecule has 0 aliphatic rings. The molecule has 0 unspecified atom stereocenters. The lowest BCUT2D eigenvalue weighted by Gasteiger charge is -2.33. The molecule has 1 N–H and O–H groups in total. The van der Waals surface area contributed by atoms with Gasteiger partial charge in [-0.3, -0.25) is 0 Å². The van der Waals surface area contributed by atoms with Crippen LogP contribution in [0.2, 0.25) is 0 Å². The number of nitrogens with one attached hydrogen (secondary N) is 1. The molecular formula is C30H28F3N3O. The zero-order valence-corrected chi connectivity index (χ0v) is 20.6. The van der Waals surface area contributed by atoms with Crippen LogP contribution in [0.5, 0.6) is 0 Å². The van der Waals surface area contributed by atoms with Crippen LogP contribution in [0.3, 0.4) is 0 Å². The van der Waals surface area contributed by atoms with Crippen LogP contribution in [0.25, 0.3) is 0 Å². The van der Waals surface area contributed by atoms with Gasteiger partial charge in [-0.05, 0) is 47.0 Å².